The van der Waals surface area contributed by atoms with Crippen molar-refractivity contribution in [2.75, 3.05) is 11.9 Å². The molecule has 2 aromatic rings. The number of carbonyl (C=O) groups is 1. The normalized spacial score (nSPS) is 10.9. The molecule has 0 atom stereocenters. The number of aryl methyl sites for hydroxylation is 1. The number of carbonyl (C=O) groups excluding carboxylic acids is 1. The number of hydrogen-bond acceptors (Lipinski definition) is 5. The van der Waals surface area contributed by atoms with Gasteiger partial charge in [0, 0.05) is 16.8 Å². The third-order valence-corrected chi connectivity index (χ3v) is 4.84. The van der Waals surface area contributed by atoms with Crippen LogP contribution in [0.15, 0.2) is 33.8 Å². The second-order valence-corrected chi connectivity index (χ2v) is 6.43. The SMILES string of the molecule is Cc1ccccc1NCC(=O)N/N=C\c1c(C)c(Br)c(O)c(C)c1O. The second-order valence-electron chi connectivity index (χ2n) is 5.64. The minimum Gasteiger partial charge on any atom is -0.507 e. The van der Waals surface area contributed by atoms with E-state index in [1.165, 1.54) is 6.21 Å². The molecule has 7 heteroatoms. The van der Waals surface area contributed by atoms with Gasteiger partial charge in [-0.05, 0) is 53.9 Å². The highest BCUT2D eigenvalue weighted by Crippen LogP contribution is 2.39. The molecule has 1 amide bonds. The van der Waals surface area contributed by atoms with Gasteiger partial charge in [0.2, 0.25) is 0 Å². The van der Waals surface area contributed by atoms with Gasteiger partial charge in [0.15, 0.2) is 0 Å². The fraction of sp³-hybridized carbons (Fsp3) is 0.222. The lowest BCUT2D eigenvalue weighted by Crippen LogP contribution is -2.26. The minimum absolute atomic E-state index is 0.0152. The molecule has 25 heavy (non-hydrogen) atoms. The van der Waals surface area contributed by atoms with Crippen LogP contribution in [-0.4, -0.2) is 28.9 Å². The molecular weight excluding hydrogens is 386 g/mol. The highest BCUT2D eigenvalue weighted by molar-refractivity contribution is 9.10. The molecule has 0 spiro atoms. The van der Waals surface area contributed by atoms with Crippen LogP contribution in [0.3, 0.4) is 0 Å². The Kier molecular flexibility index (Phi) is 6.03. The molecule has 0 saturated heterocycles. The Balaban J connectivity index is 2.02. The summed E-state index contributed by atoms with van der Waals surface area (Å²) in [6.45, 7) is 5.35. The molecule has 132 valence electrons. The van der Waals surface area contributed by atoms with Gasteiger partial charge in [0.05, 0.1) is 17.2 Å². The average Bonchev–Trinajstić information content (AvgIpc) is 2.60. The summed E-state index contributed by atoms with van der Waals surface area (Å²) in [7, 11) is 0. The molecule has 6 nitrogen and oxygen atoms in total. The fourth-order valence-electron chi connectivity index (χ4n) is 2.27. The zero-order valence-electron chi connectivity index (χ0n) is 14.2. The summed E-state index contributed by atoms with van der Waals surface area (Å²) >= 11 is 3.27. The van der Waals surface area contributed by atoms with E-state index in [1.54, 1.807) is 13.8 Å². The van der Waals surface area contributed by atoms with Crippen LogP contribution in [0.25, 0.3) is 0 Å². The molecule has 0 aliphatic rings. The maximum atomic E-state index is 11.9. The molecule has 0 bridgehead atoms. The Morgan fingerprint density at radius 3 is 2.52 bits per heavy atom. The van der Waals surface area contributed by atoms with Gasteiger partial charge in [-0.15, -0.1) is 0 Å². The van der Waals surface area contributed by atoms with E-state index in [4.69, 9.17) is 0 Å². The van der Waals surface area contributed by atoms with Crippen LogP contribution < -0.4 is 10.7 Å². The molecule has 0 saturated carbocycles. The van der Waals surface area contributed by atoms with E-state index in [2.05, 4.69) is 31.8 Å². The third kappa shape index (κ3) is 4.30. The van der Waals surface area contributed by atoms with Gasteiger partial charge in [-0.25, -0.2) is 5.43 Å². The Labute approximate surface area is 154 Å². The van der Waals surface area contributed by atoms with Crippen molar-refractivity contribution in [2.45, 2.75) is 20.8 Å². The van der Waals surface area contributed by atoms with Crippen LogP contribution in [0.1, 0.15) is 22.3 Å². The molecular formula is C18H20BrN3O3. The number of rotatable bonds is 5. The van der Waals surface area contributed by atoms with Crippen molar-refractivity contribution in [1.29, 1.82) is 0 Å². The van der Waals surface area contributed by atoms with E-state index in [1.807, 2.05) is 31.2 Å². The van der Waals surface area contributed by atoms with Gasteiger partial charge in [0.25, 0.3) is 5.91 Å². The first-order valence-corrected chi connectivity index (χ1v) is 8.44. The van der Waals surface area contributed by atoms with Crippen molar-refractivity contribution < 1.29 is 15.0 Å². The summed E-state index contributed by atoms with van der Waals surface area (Å²) in [5, 5.41) is 26.9. The standard InChI is InChI=1S/C18H20BrN3O3/c1-10-6-4-5-7-14(10)20-9-15(23)22-21-8-13-11(2)16(19)18(25)12(3)17(13)24/h4-8,20,24-25H,9H2,1-3H3,(H,22,23)/b21-8-. The number of nitrogens with zero attached hydrogens (tertiary/aromatic N) is 1. The molecule has 0 fully saturated rings. The number of phenolic OH excluding ortho intramolecular Hbond substituents is 2. The molecule has 0 radical (unpaired) electrons. The third-order valence-electron chi connectivity index (χ3n) is 3.87. The largest absolute Gasteiger partial charge is 0.507 e. The predicted molar refractivity (Wildman–Crippen MR) is 102 cm³/mol. The highest BCUT2D eigenvalue weighted by atomic mass is 79.9. The van der Waals surface area contributed by atoms with Crippen molar-refractivity contribution in [3.05, 3.63) is 51.0 Å². The Morgan fingerprint density at radius 1 is 1.16 bits per heavy atom. The summed E-state index contributed by atoms with van der Waals surface area (Å²) in [5.74, 6) is -0.404. The summed E-state index contributed by atoms with van der Waals surface area (Å²) in [4.78, 5) is 11.9. The second kappa shape index (κ2) is 8.02. The van der Waals surface area contributed by atoms with E-state index in [0.717, 1.165) is 11.3 Å². The number of hydrogen-bond donors (Lipinski definition) is 4. The molecule has 4 N–H and O–H groups in total. The van der Waals surface area contributed by atoms with E-state index < -0.39 is 0 Å². The zero-order valence-corrected chi connectivity index (χ0v) is 15.8. The van der Waals surface area contributed by atoms with Gasteiger partial charge in [0.1, 0.15) is 11.5 Å². The number of aromatic hydroxyl groups is 2. The van der Waals surface area contributed by atoms with Crippen molar-refractivity contribution in [2.24, 2.45) is 5.10 Å². The first-order chi connectivity index (χ1) is 11.8. The first-order valence-electron chi connectivity index (χ1n) is 7.65. The quantitative estimate of drug-likeness (QED) is 0.453. The molecule has 2 rings (SSSR count). The number of hydrazone groups is 1. The Hall–Kier alpha value is -2.54. The van der Waals surface area contributed by atoms with Crippen LogP contribution in [-0.2, 0) is 4.79 Å². The zero-order chi connectivity index (χ0) is 18.6. The molecule has 0 unspecified atom stereocenters. The van der Waals surface area contributed by atoms with Crippen LogP contribution in [0.4, 0.5) is 5.69 Å². The van der Waals surface area contributed by atoms with Crippen molar-refractivity contribution in [3.8, 4) is 11.5 Å². The topological polar surface area (TPSA) is 94.0 Å². The molecule has 0 aliphatic carbocycles. The molecule has 2 aromatic carbocycles. The number of para-hydroxylation sites is 1. The lowest BCUT2D eigenvalue weighted by Gasteiger charge is -2.12. The van der Waals surface area contributed by atoms with Crippen molar-refractivity contribution in [3.63, 3.8) is 0 Å². The van der Waals surface area contributed by atoms with E-state index in [9.17, 15) is 15.0 Å². The lowest BCUT2D eigenvalue weighted by atomic mass is 10.0. The monoisotopic (exact) mass is 405 g/mol. The number of phenols is 2. The summed E-state index contributed by atoms with van der Waals surface area (Å²) in [5.41, 5.74) is 5.72. The van der Waals surface area contributed by atoms with Crippen molar-refractivity contribution in [1.82, 2.24) is 5.43 Å². The highest BCUT2D eigenvalue weighted by Gasteiger charge is 2.16. The lowest BCUT2D eigenvalue weighted by molar-refractivity contribution is -0.119. The minimum atomic E-state index is -0.314. The number of anilines is 1. The van der Waals surface area contributed by atoms with Crippen molar-refractivity contribution >= 4 is 33.7 Å². The Morgan fingerprint density at radius 2 is 1.84 bits per heavy atom. The summed E-state index contributed by atoms with van der Waals surface area (Å²) < 4.78 is 0.483. The molecule has 0 aliphatic heterocycles. The van der Waals surface area contributed by atoms with Gasteiger partial charge in [-0.2, -0.15) is 5.10 Å². The smallest absolute Gasteiger partial charge is 0.259 e. The van der Waals surface area contributed by atoms with Crippen LogP contribution >= 0.6 is 15.9 Å². The van der Waals surface area contributed by atoms with E-state index in [0.29, 0.717) is 21.2 Å². The van der Waals surface area contributed by atoms with Gasteiger partial charge in [-0.1, -0.05) is 18.2 Å². The molecule has 0 aromatic heterocycles. The van der Waals surface area contributed by atoms with Gasteiger partial charge < -0.3 is 15.5 Å². The van der Waals surface area contributed by atoms with E-state index >= 15 is 0 Å². The maximum Gasteiger partial charge on any atom is 0.259 e. The molecule has 0 heterocycles. The van der Waals surface area contributed by atoms with Crippen LogP contribution in [0.5, 0.6) is 11.5 Å². The number of halogens is 1. The van der Waals surface area contributed by atoms with Gasteiger partial charge in [-0.3, -0.25) is 4.79 Å². The summed E-state index contributed by atoms with van der Waals surface area (Å²) in [6, 6.07) is 7.67. The summed E-state index contributed by atoms with van der Waals surface area (Å²) in [6.07, 6.45) is 1.35. The maximum absolute atomic E-state index is 11.9. The van der Waals surface area contributed by atoms with Crippen LogP contribution in [0.2, 0.25) is 0 Å². The number of amides is 1. The predicted octanol–water partition coefficient (Wildman–Crippen LogP) is 3.35. The average molecular weight is 406 g/mol. The number of benzene rings is 2. The van der Waals surface area contributed by atoms with Gasteiger partial charge >= 0.3 is 0 Å². The fourth-order valence-corrected chi connectivity index (χ4v) is 2.78. The van der Waals surface area contributed by atoms with Crippen LogP contribution in [0, 0.1) is 20.8 Å². The van der Waals surface area contributed by atoms with E-state index in [-0.39, 0.29) is 24.0 Å². The Bertz CT molecular complexity index is 806. The number of nitrogens with one attached hydrogen (secondary N) is 2. The first kappa shape index (κ1) is 18.8.